The summed E-state index contributed by atoms with van der Waals surface area (Å²) in [7, 11) is 0. The molecule has 2 amide bonds. The van der Waals surface area contributed by atoms with Crippen LogP contribution in [-0.2, 0) is 11.3 Å². The first-order chi connectivity index (χ1) is 15.8. The van der Waals surface area contributed by atoms with Gasteiger partial charge in [-0.3, -0.25) is 4.79 Å². The number of amides is 2. The normalized spacial score (nSPS) is 14.8. The van der Waals surface area contributed by atoms with Crippen molar-refractivity contribution in [3.8, 4) is 5.75 Å². The lowest BCUT2D eigenvalue weighted by atomic mass is 10.1. The van der Waals surface area contributed by atoms with Crippen LogP contribution >= 0.6 is 0 Å². The summed E-state index contributed by atoms with van der Waals surface area (Å²) in [5.41, 5.74) is -0.544. The zero-order chi connectivity index (χ0) is 23.4. The van der Waals surface area contributed by atoms with Crippen molar-refractivity contribution in [2.75, 3.05) is 26.2 Å². The molecule has 0 bridgehead atoms. The van der Waals surface area contributed by atoms with Gasteiger partial charge in [0.25, 0.3) is 5.91 Å². The van der Waals surface area contributed by atoms with Gasteiger partial charge in [0.1, 0.15) is 23.7 Å². The van der Waals surface area contributed by atoms with Crippen LogP contribution in [0.3, 0.4) is 0 Å². The van der Waals surface area contributed by atoms with Crippen LogP contribution < -0.4 is 4.74 Å². The first-order valence-electron chi connectivity index (χ1n) is 11.3. The number of ether oxygens (including phenoxy) is 2. The van der Waals surface area contributed by atoms with E-state index in [4.69, 9.17) is 13.9 Å². The van der Waals surface area contributed by atoms with Crippen LogP contribution in [0.1, 0.15) is 43.5 Å². The van der Waals surface area contributed by atoms with Gasteiger partial charge in [0, 0.05) is 31.6 Å². The van der Waals surface area contributed by atoms with Gasteiger partial charge in [-0.15, -0.1) is 0 Å². The molecule has 2 heterocycles. The van der Waals surface area contributed by atoms with Crippen LogP contribution in [0.2, 0.25) is 0 Å². The van der Waals surface area contributed by atoms with Crippen molar-refractivity contribution in [2.24, 2.45) is 0 Å². The number of carbonyl (C=O) groups excluding carboxylic acids is 2. The maximum absolute atomic E-state index is 13.0. The van der Waals surface area contributed by atoms with E-state index in [1.807, 2.05) is 63.2 Å². The third-order valence-electron chi connectivity index (χ3n) is 5.43. The van der Waals surface area contributed by atoms with Gasteiger partial charge in [0.2, 0.25) is 0 Å². The Labute approximate surface area is 193 Å². The molecule has 0 aliphatic carbocycles. The predicted molar refractivity (Wildman–Crippen MR) is 125 cm³/mol. The van der Waals surface area contributed by atoms with E-state index < -0.39 is 5.60 Å². The Kier molecular flexibility index (Phi) is 6.58. The third-order valence-corrected chi connectivity index (χ3v) is 5.43. The van der Waals surface area contributed by atoms with E-state index in [0.717, 1.165) is 16.5 Å². The Morgan fingerprint density at radius 1 is 0.909 bits per heavy atom. The largest absolute Gasteiger partial charge is 0.485 e. The minimum atomic E-state index is -0.544. The molecule has 0 spiro atoms. The second-order valence-corrected chi connectivity index (χ2v) is 9.15. The van der Waals surface area contributed by atoms with Gasteiger partial charge in [-0.25, -0.2) is 4.79 Å². The SMILES string of the molecule is CC(C)(C)OC(=O)N1CCCN(C(=O)c2ccc(COc3cccc4ccccc34)o2)CC1. The molecule has 7 nitrogen and oxygen atoms in total. The molecule has 1 aliphatic heterocycles. The minimum absolute atomic E-state index is 0.183. The predicted octanol–water partition coefficient (Wildman–Crippen LogP) is 5.09. The standard InChI is InChI=1S/C26H30N2O5/c1-26(2,3)33-25(30)28-15-7-14-27(16-17-28)24(29)23-13-12-20(32-23)18-31-22-11-6-9-19-8-4-5-10-21(19)22/h4-6,8-13H,7,14-18H2,1-3H3. The summed E-state index contributed by atoms with van der Waals surface area (Å²) in [6.07, 6.45) is 0.339. The molecule has 0 radical (unpaired) electrons. The van der Waals surface area contributed by atoms with Gasteiger partial charge in [0.15, 0.2) is 5.76 Å². The van der Waals surface area contributed by atoms with Crippen molar-refractivity contribution >= 4 is 22.8 Å². The van der Waals surface area contributed by atoms with Crippen molar-refractivity contribution in [1.29, 1.82) is 0 Å². The topological polar surface area (TPSA) is 72.2 Å². The van der Waals surface area contributed by atoms with Gasteiger partial charge in [-0.05, 0) is 50.8 Å². The zero-order valence-corrected chi connectivity index (χ0v) is 19.4. The number of furan rings is 1. The lowest BCUT2D eigenvalue weighted by Crippen LogP contribution is -2.40. The van der Waals surface area contributed by atoms with Gasteiger partial charge in [-0.2, -0.15) is 0 Å². The van der Waals surface area contributed by atoms with Crippen molar-refractivity contribution in [3.05, 3.63) is 66.1 Å². The molecule has 1 aromatic heterocycles. The summed E-state index contributed by atoms with van der Waals surface area (Å²) in [4.78, 5) is 28.7. The summed E-state index contributed by atoms with van der Waals surface area (Å²) < 4.78 is 17.2. The lowest BCUT2D eigenvalue weighted by Gasteiger charge is -2.26. The van der Waals surface area contributed by atoms with Crippen molar-refractivity contribution in [3.63, 3.8) is 0 Å². The maximum atomic E-state index is 13.0. The molecule has 0 N–H and O–H groups in total. The summed E-state index contributed by atoms with van der Waals surface area (Å²) in [6, 6.07) is 17.4. The van der Waals surface area contributed by atoms with Crippen LogP contribution in [0.25, 0.3) is 10.8 Å². The smallest absolute Gasteiger partial charge is 0.410 e. The van der Waals surface area contributed by atoms with Gasteiger partial charge < -0.3 is 23.7 Å². The molecular weight excluding hydrogens is 420 g/mol. The van der Waals surface area contributed by atoms with Crippen LogP contribution in [0, 0.1) is 0 Å². The third kappa shape index (κ3) is 5.66. The Hall–Kier alpha value is -3.48. The molecule has 0 atom stereocenters. The van der Waals surface area contributed by atoms with Crippen molar-refractivity contribution in [1.82, 2.24) is 9.80 Å². The highest BCUT2D eigenvalue weighted by molar-refractivity contribution is 5.91. The number of nitrogens with zero attached hydrogens (tertiary/aromatic N) is 2. The maximum Gasteiger partial charge on any atom is 0.410 e. The fourth-order valence-electron chi connectivity index (χ4n) is 3.83. The number of hydrogen-bond acceptors (Lipinski definition) is 5. The van der Waals surface area contributed by atoms with E-state index in [-0.39, 0.29) is 24.4 Å². The number of carbonyl (C=O) groups is 2. The second kappa shape index (κ2) is 9.57. The molecular formula is C26H30N2O5. The molecule has 1 aliphatic rings. The van der Waals surface area contributed by atoms with E-state index in [2.05, 4.69) is 0 Å². The van der Waals surface area contributed by atoms with Crippen LogP contribution in [0.5, 0.6) is 5.75 Å². The second-order valence-electron chi connectivity index (χ2n) is 9.15. The quantitative estimate of drug-likeness (QED) is 0.553. The Balaban J connectivity index is 1.35. The van der Waals surface area contributed by atoms with Crippen molar-refractivity contribution in [2.45, 2.75) is 39.4 Å². The number of benzene rings is 2. The van der Waals surface area contributed by atoms with Crippen LogP contribution in [-0.4, -0.2) is 53.6 Å². The first kappa shape index (κ1) is 22.7. The van der Waals surface area contributed by atoms with E-state index in [1.54, 1.807) is 21.9 Å². The number of fused-ring (bicyclic) bond motifs is 1. The molecule has 1 fully saturated rings. The molecule has 33 heavy (non-hydrogen) atoms. The van der Waals surface area contributed by atoms with Crippen molar-refractivity contribution < 1.29 is 23.5 Å². The molecule has 4 rings (SSSR count). The highest BCUT2D eigenvalue weighted by Gasteiger charge is 2.27. The molecule has 2 aromatic carbocycles. The highest BCUT2D eigenvalue weighted by Crippen LogP contribution is 2.26. The van der Waals surface area contributed by atoms with E-state index in [0.29, 0.717) is 38.4 Å². The Morgan fingerprint density at radius 2 is 1.64 bits per heavy atom. The molecule has 174 valence electrons. The fraction of sp³-hybridized carbons (Fsp3) is 0.385. The molecule has 3 aromatic rings. The molecule has 0 saturated carbocycles. The van der Waals surface area contributed by atoms with Gasteiger partial charge >= 0.3 is 6.09 Å². The van der Waals surface area contributed by atoms with Gasteiger partial charge in [0.05, 0.1) is 0 Å². The number of rotatable bonds is 4. The molecule has 7 heteroatoms. The fourth-order valence-corrected chi connectivity index (χ4v) is 3.83. The molecule has 0 unspecified atom stereocenters. The van der Waals surface area contributed by atoms with Crippen LogP contribution in [0.15, 0.2) is 59.0 Å². The summed E-state index contributed by atoms with van der Waals surface area (Å²) >= 11 is 0. The molecule has 1 saturated heterocycles. The monoisotopic (exact) mass is 450 g/mol. The summed E-state index contributed by atoms with van der Waals surface area (Å²) in [6.45, 7) is 7.74. The first-order valence-corrected chi connectivity index (χ1v) is 11.3. The average molecular weight is 451 g/mol. The number of hydrogen-bond donors (Lipinski definition) is 0. The van der Waals surface area contributed by atoms with Gasteiger partial charge in [-0.1, -0.05) is 36.4 Å². The average Bonchev–Trinajstić information content (AvgIpc) is 3.11. The summed E-state index contributed by atoms with van der Waals surface area (Å²) in [5.74, 6) is 1.44. The van der Waals surface area contributed by atoms with Crippen LogP contribution in [0.4, 0.5) is 4.79 Å². The highest BCUT2D eigenvalue weighted by atomic mass is 16.6. The van der Waals surface area contributed by atoms with E-state index in [1.165, 1.54) is 0 Å². The lowest BCUT2D eigenvalue weighted by molar-refractivity contribution is 0.0255. The summed E-state index contributed by atoms with van der Waals surface area (Å²) in [5, 5.41) is 2.13. The minimum Gasteiger partial charge on any atom is -0.485 e. The Bertz CT molecular complexity index is 1130. The van der Waals surface area contributed by atoms with E-state index >= 15 is 0 Å². The van der Waals surface area contributed by atoms with E-state index in [9.17, 15) is 9.59 Å². The Morgan fingerprint density at radius 3 is 2.45 bits per heavy atom. The zero-order valence-electron chi connectivity index (χ0n) is 19.4.